The number of carbonyl (C=O) groups excluding carboxylic acids is 1. The number of nitrogens with zero attached hydrogens (tertiary/aromatic N) is 1. The van der Waals surface area contributed by atoms with Crippen LogP contribution in [0.1, 0.15) is 24.8 Å². The second-order valence-electron chi connectivity index (χ2n) is 4.69. The lowest BCUT2D eigenvalue weighted by Crippen LogP contribution is -2.35. The minimum absolute atomic E-state index is 0.0354. The van der Waals surface area contributed by atoms with Crippen LogP contribution in [-0.2, 0) is 4.79 Å². The van der Waals surface area contributed by atoms with Crippen molar-refractivity contribution in [3.05, 3.63) is 35.9 Å². The van der Waals surface area contributed by atoms with Crippen molar-refractivity contribution in [2.75, 3.05) is 20.1 Å². The second-order valence-corrected chi connectivity index (χ2v) is 4.69. The van der Waals surface area contributed by atoms with Crippen molar-refractivity contribution in [2.45, 2.75) is 25.3 Å². The van der Waals surface area contributed by atoms with Crippen LogP contribution in [0, 0.1) is 0 Å². The lowest BCUT2D eigenvalue weighted by atomic mass is 10.00. The number of benzene rings is 1. The Bertz CT molecular complexity index is 377. The molecule has 1 aromatic carbocycles. The molecule has 2 rings (SSSR count). The minimum Gasteiger partial charge on any atom is -0.341 e. The van der Waals surface area contributed by atoms with E-state index < -0.39 is 0 Å². The molecule has 0 aliphatic carbocycles. The maximum atomic E-state index is 12.3. The summed E-state index contributed by atoms with van der Waals surface area (Å²) in [5.41, 5.74) is 1.10. The van der Waals surface area contributed by atoms with Gasteiger partial charge in [-0.25, -0.2) is 0 Å². The van der Waals surface area contributed by atoms with Crippen LogP contribution in [0.15, 0.2) is 30.3 Å². The maximum Gasteiger partial charge on any atom is 0.229 e. The molecule has 3 heteroatoms. The Hall–Kier alpha value is -1.35. The first-order valence-electron chi connectivity index (χ1n) is 6.23. The van der Waals surface area contributed by atoms with Gasteiger partial charge in [0.25, 0.3) is 0 Å². The first kappa shape index (κ1) is 12.1. The first-order valence-corrected chi connectivity index (χ1v) is 6.23. The van der Waals surface area contributed by atoms with Crippen LogP contribution in [0.3, 0.4) is 0 Å². The summed E-state index contributed by atoms with van der Waals surface area (Å²) >= 11 is 0. The van der Waals surface area contributed by atoms with Gasteiger partial charge in [-0.15, -0.1) is 0 Å². The zero-order chi connectivity index (χ0) is 12.3. The highest BCUT2D eigenvalue weighted by Gasteiger charge is 2.28. The van der Waals surface area contributed by atoms with E-state index in [1.807, 2.05) is 49.2 Å². The van der Waals surface area contributed by atoms with Crippen molar-refractivity contribution in [3.8, 4) is 0 Å². The standard InChI is InChI=1S/C14H20N2O/c1-11(12-6-4-3-5-7-12)14(17)16-9-8-13(10-16)15-2/h3-7,11,13,15H,8-10H2,1-2H3. The second kappa shape index (κ2) is 5.32. The molecule has 17 heavy (non-hydrogen) atoms. The van der Waals surface area contributed by atoms with Crippen molar-refractivity contribution in [3.63, 3.8) is 0 Å². The number of carbonyl (C=O) groups is 1. The lowest BCUT2D eigenvalue weighted by molar-refractivity contribution is -0.131. The van der Waals surface area contributed by atoms with Gasteiger partial charge in [-0.1, -0.05) is 30.3 Å². The van der Waals surface area contributed by atoms with Gasteiger partial charge in [-0.05, 0) is 26.0 Å². The molecule has 2 atom stereocenters. The quantitative estimate of drug-likeness (QED) is 0.858. The fourth-order valence-corrected chi connectivity index (χ4v) is 2.35. The summed E-state index contributed by atoms with van der Waals surface area (Å²) < 4.78 is 0. The van der Waals surface area contributed by atoms with Crippen LogP contribution in [0.2, 0.25) is 0 Å². The van der Waals surface area contributed by atoms with E-state index in [0.29, 0.717) is 6.04 Å². The lowest BCUT2D eigenvalue weighted by Gasteiger charge is -2.21. The summed E-state index contributed by atoms with van der Waals surface area (Å²) in [6, 6.07) is 10.5. The highest BCUT2D eigenvalue weighted by molar-refractivity contribution is 5.83. The van der Waals surface area contributed by atoms with Crippen molar-refractivity contribution in [1.29, 1.82) is 0 Å². The van der Waals surface area contributed by atoms with Gasteiger partial charge in [-0.2, -0.15) is 0 Å². The molecule has 1 amide bonds. The third-order valence-corrected chi connectivity index (χ3v) is 3.58. The Morgan fingerprint density at radius 1 is 1.41 bits per heavy atom. The third-order valence-electron chi connectivity index (χ3n) is 3.58. The molecule has 1 aliphatic rings. The summed E-state index contributed by atoms with van der Waals surface area (Å²) in [5.74, 6) is 0.209. The summed E-state index contributed by atoms with van der Waals surface area (Å²) in [7, 11) is 1.96. The molecular formula is C14H20N2O. The van der Waals surface area contributed by atoms with Gasteiger partial charge in [0, 0.05) is 19.1 Å². The third kappa shape index (κ3) is 2.67. The van der Waals surface area contributed by atoms with Gasteiger partial charge in [0.05, 0.1) is 5.92 Å². The zero-order valence-electron chi connectivity index (χ0n) is 10.5. The van der Waals surface area contributed by atoms with Crippen LogP contribution in [0.5, 0.6) is 0 Å². The average molecular weight is 232 g/mol. The number of nitrogens with one attached hydrogen (secondary N) is 1. The van der Waals surface area contributed by atoms with Crippen LogP contribution >= 0.6 is 0 Å². The Kier molecular flexibility index (Phi) is 3.79. The molecular weight excluding hydrogens is 212 g/mol. The van der Waals surface area contributed by atoms with Gasteiger partial charge in [0.2, 0.25) is 5.91 Å². The fraction of sp³-hybridized carbons (Fsp3) is 0.500. The van der Waals surface area contributed by atoms with E-state index in [1.54, 1.807) is 0 Å². The minimum atomic E-state index is -0.0354. The van der Waals surface area contributed by atoms with E-state index in [2.05, 4.69) is 5.32 Å². The van der Waals surface area contributed by atoms with E-state index in [0.717, 1.165) is 25.1 Å². The fourth-order valence-electron chi connectivity index (χ4n) is 2.35. The van der Waals surface area contributed by atoms with Gasteiger partial charge in [0.15, 0.2) is 0 Å². The molecule has 1 saturated heterocycles. The van der Waals surface area contributed by atoms with Crippen molar-refractivity contribution in [2.24, 2.45) is 0 Å². The predicted molar refractivity (Wildman–Crippen MR) is 68.9 cm³/mol. The smallest absolute Gasteiger partial charge is 0.229 e. The first-order chi connectivity index (χ1) is 8.22. The largest absolute Gasteiger partial charge is 0.341 e. The van der Waals surface area contributed by atoms with Crippen molar-refractivity contribution >= 4 is 5.91 Å². The highest BCUT2D eigenvalue weighted by atomic mass is 16.2. The molecule has 1 aromatic rings. The summed E-state index contributed by atoms with van der Waals surface area (Å²) in [5, 5.41) is 3.23. The molecule has 0 radical (unpaired) electrons. The SMILES string of the molecule is CNC1CCN(C(=O)C(C)c2ccccc2)C1. The van der Waals surface area contributed by atoms with Crippen LogP contribution in [0.25, 0.3) is 0 Å². The maximum absolute atomic E-state index is 12.3. The van der Waals surface area contributed by atoms with E-state index in [1.165, 1.54) is 0 Å². The summed E-state index contributed by atoms with van der Waals surface area (Å²) in [6.45, 7) is 3.71. The number of hydrogen-bond donors (Lipinski definition) is 1. The van der Waals surface area contributed by atoms with Gasteiger partial charge >= 0.3 is 0 Å². The Morgan fingerprint density at radius 3 is 2.71 bits per heavy atom. The molecule has 0 bridgehead atoms. The zero-order valence-corrected chi connectivity index (χ0v) is 10.5. The molecule has 1 heterocycles. The van der Waals surface area contributed by atoms with Crippen LogP contribution < -0.4 is 5.32 Å². The number of likely N-dealkylation sites (N-methyl/N-ethyl adjacent to an activating group) is 1. The van der Waals surface area contributed by atoms with E-state index >= 15 is 0 Å². The number of hydrogen-bond acceptors (Lipinski definition) is 2. The Balaban J connectivity index is 2.01. The summed E-state index contributed by atoms with van der Waals surface area (Å²) in [4.78, 5) is 14.3. The monoisotopic (exact) mass is 232 g/mol. The predicted octanol–water partition coefficient (Wildman–Crippen LogP) is 1.61. The van der Waals surface area contributed by atoms with Gasteiger partial charge < -0.3 is 10.2 Å². The average Bonchev–Trinajstić information content (AvgIpc) is 2.87. The van der Waals surface area contributed by atoms with E-state index in [9.17, 15) is 4.79 Å². The van der Waals surface area contributed by atoms with Crippen LogP contribution in [-0.4, -0.2) is 37.0 Å². The van der Waals surface area contributed by atoms with Crippen molar-refractivity contribution in [1.82, 2.24) is 10.2 Å². The van der Waals surface area contributed by atoms with Crippen LogP contribution in [0.4, 0.5) is 0 Å². The molecule has 92 valence electrons. The molecule has 0 aromatic heterocycles. The molecule has 1 fully saturated rings. The summed E-state index contributed by atoms with van der Waals surface area (Å²) in [6.07, 6.45) is 1.06. The molecule has 0 spiro atoms. The number of amides is 1. The van der Waals surface area contributed by atoms with E-state index in [-0.39, 0.29) is 11.8 Å². The van der Waals surface area contributed by atoms with E-state index in [4.69, 9.17) is 0 Å². The molecule has 0 saturated carbocycles. The molecule has 3 nitrogen and oxygen atoms in total. The topological polar surface area (TPSA) is 32.3 Å². The molecule has 1 N–H and O–H groups in total. The van der Waals surface area contributed by atoms with Crippen molar-refractivity contribution < 1.29 is 4.79 Å². The Morgan fingerprint density at radius 2 is 2.12 bits per heavy atom. The number of rotatable bonds is 3. The molecule has 1 aliphatic heterocycles. The number of likely N-dealkylation sites (tertiary alicyclic amines) is 1. The van der Waals surface area contributed by atoms with Gasteiger partial charge in [-0.3, -0.25) is 4.79 Å². The van der Waals surface area contributed by atoms with Gasteiger partial charge in [0.1, 0.15) is 0 Å². The normalized spacial score (nSPS) is 21.5. The highest BCUT2D eigenvalue weighted by Crippen LogP contribution is 2.20. The Labute approximate surface area is 103 Å². The molecule has 2 unspecified atom stereocenters.